The maximum atomic E-state index is 12.2. The summed E-state index contributed by atoms with van der Waals surface area (Å²) < 4.78 is 1.02. The van der Waals surface area contributed by atoms with Crippen LogP contribution < -0.4 is 11.1 Å². The van der Waals surface area contributed by atoms with E-state index in [-0.39, 0.29) is 5.91 Å². The number of hydrogen-bond donors (Lipinski definition) is 2. The minimum absolute atomic E-state index is 0.167. The van der Waals surface area contributed by atoms with Crippen molar-refractivity contribution < 1.29 is 4.79 Å². The van der Waals surface area contributed by atoms with Gasteiger partial charge < -0.3 is 11.1 Å². The molecule has 0 saturated heterocycles. The van der Waals surface area contributed by atoms with Gasteiger partial charge in [-0.2, -0.15) is 5.26 Å². The van der Waals surface area contributed by atoms with Crippen LogP contribution in [0.15, 0.2) is 48.5 Å². The predicted molar refractivity (Wildman–Crippen MR) is 85.3 cm³/mol. The van der Waals surface area contributed by atoms with E-state index in [1.165, 1.54) is 11.3 Å². The van der Waals surface area contributed by atoms with E-state index in [1.54, 1.807) is 24.3 Å². The molecule has 0 fully saturated rings. The van der Waals surface area contributed by atoms with Crippen LogP contribution in [-0.2, 0) is 0 Å². The summed E-state index contributed by atoms with van der Waals surface area (Å²) >= 11 is 1.42. The molecule has 102 valence electrons. The second kappa shape index (κ2) is 5.27. The number of benzene rings is 2. The van der Waals surface area contributed by atoms with E-state index < -0.39 is 0 Å². The fraction of sp³-hybridized carbons (Fsp3) is 0. The highest BCUT2D eigenvalue weighted by molar-refractivity contribution is 7.20. The predicted octanol–water partition coefficient (Wildman–Crippen LogP) is 3.61. The highest BCUT2D eigenvalue weighted by Gasteiger charge is 2.10. The van der Waals surface area contributed by atoms with Gasteiger partial charge >= 0.3 is 0 Å². The lowest BCUT2D eigenvalue weighted by molar-refractivity contribution is 0.103. The maximum absolute atomic E-state index is 12.2. The Morgan fingerprint density at radius 3 is 2.62 bits per heavy atom. The van der Waals surface area contributed by atoms with Gasteiger partial charge in [0.15, 0.2) is 0 Å². The SMILES string of the molecule is N#Cc1ccc(NC(=O)c2cc3cc(N)ccc3s2)cc1. The van der Waals surface area contributed by atoms with E-state index in [0.29, 0.717) is 21.8 Å². The summed E-state index contributed by atoms with van der Waals surface area (Å²) in [4.78, 5) is 12.9. The van der Waals surface area contributed by atoms with E-state index >= 15 is 0 Å². The smallest absolute Gasteiger partial charge is 0.265 e. The van der Waals surface area contributed by atoms with Crippen molar-refractivity contribution in [3.8, 4) is 6.07 Å². The third-order valence-electron chi connectivity index (χ3n) is 3.04. The number of anilines is 2. The van der Waals surface area contributed by atoms with Gasteiger partial charge in [0.2, 0.25) is 0 Å². The largest absolute Gasteiger partial charge is 0.399 e. The van der Waals surface area contributed by atoms with Gasteiger partial charge in [0.25, 0.3) is 5.91 Å². The number of nitrogens with one attached hydrogen (secondary N) is 1. The molecule has 0 unspecified atom stereocenters. The average Bonchev–Trinajstić information content (AvgIpc) is 2.91. The Bertz CT molecular complexity index is 859. The lowest BCUT2D eigenvalue weighted by atomic mass is 10.2. The van der Waals surface area contributed by atoms with Crippen LogP contribution in [0, 0.1) is 11.3 Å². The molecule has 1 amide bonds. The Labute approximate surface area is 125 Å². The van der Waals surface area contributed by atoms with Crippen LogP contribution in [-0.4, -0.2) is 5.91 Å². The van der Waals surface area contributed by atoms with Gasteiger partial charge in [0.05, 0.1) is 16.5 Å². The second-order valence-electron chi connectivity index (χ2n) is 4.55. The van der Waals surface area contributed by atoms with Gasteiger partial charge in [-0.25, -0.2) is 0 Å². The number of nitrogen functional groups attached to an aromatic ring is 1. The molecule has 3 N–H and O–H groups in total. The molecule has 0 aliphatic rings. The van der Waals surface area contributed by atoms with Gasteiger partial charge in [-0.15, -0.1) is 11.3 Å². The summed E-state index contributed by atoms with van der Waals surface area (Å²) in [6.45, 7) is 0. The van der Waals surface area contributed by atoms with Crippen molar-refractivity contribution in [2.45, 2.75) is 0 Å². The number of fused-ring (bicyclic) bond motifs is 1. The van der Waals surface area contributed by atoms with Gasteiger partial charge in [-0.3, -0.25) is 4.79 Å². The van der Waals surface area contributed by atoms with Crippen LogP contribution in [0.4, 0.5) is 11.4 Å². The molecule has 0 saturated carbocycles. The molecule has 21 heavy (non-hydrogen) atoms. The second-order valence-corrected chi connectivity index (χ2v) is 5.63. The van der Waals surface area contributed by atoms with Crippen LogP contribution >= 0.6 is 11.3 Å². The lowest BCUT2D eigenvalue weighted by Gasteiger charge is -2.02. The van der Waals surface area contributed by atoms with E-state index in [2.05, 4.69) is 5.32 Å². The number of amides is 1. The average molecular weight is 293 g/mol. The molecule has 1 aromatic heterocycles. The molecule has 2 aromatic carbocycles. The summed E-state index contributed by atoms with van der Waals surface area (Å²) in [7, 11) is 0. The third kappa shape index (κ3) is 2.71. The van der Waals surface area contributed by atoms with Crippen molar-refractivity contribution in [2.75, 3.05) is 11.1 Å². The standard InChI is InChI=1S/C16H11N3OS/c17-9-10-1-4-13(5-2-10)19-16(20)15-8-11-7-12(18)3-6-14(11)21-15/h1-8H,18H2,(H,19,20). The minimum Gasteiger partial charge on any atom is -0.399 e. The van der Waals surface area contributed by atoms with Crippen molar-refractivity contribution in [2.24, 2.45) is 0 Å². The first-order chi connectivity index (χ1) is 10.2. The first-order valence-electron chi connectivity index (χ1n) is 6.26. The van der Waals surface area contributed by atoms with Crippen LogP contribution in [0.3, 0.4) is 0 Å². The van der Waals surface area contributed by atoms with Gasteiger partial charge in [-0.05, 0) is 53.9 Å². The Morgan fingerprint density at radius 1 is 1.14 bits per heavy atom. The van der Waals surface area contributed by atoms with Gasteiger partial charge in [0.1, 0.15) is 0 Å². The quantitative estimate of drug-likeness (QED) is 0.708. The molecule has 3 rings (SSSR count). The zero-order valence-electron chi connectivity index (χ0n) is 11.0. The Kier molecular flexibility index (Phi) is 3.30. The molecule has 0 spiro atoms. The van der Waals surface area contributed by atoms with Crippen molar-refractivity contribution in [3.63, 3.8) is 0 Å². The molecule has 1 heterocycles. The summed E-state index contributed by atoms with van der Waals surface area (Å²) in [5.74, 6) is -0.167. The number of nitrogens with zero attached hydrogens (tertiary/aromatic N) is 1. The Balaban J connectivity index is 1.84. The van der Waals surface area contributed by atoms with Crippen molar-refractivity contribution >= 4 is 38.7 Å². The highest BCUT2D eigenvalue weighted by Crippen LogP contribution is 2.27. The van der Waals surface area contributed by atoms with E-state index in [1.807, 2.05) is 30.3 Å². The fourth-order valence-corrected chi connectivity index (χ4v) is 2.93. The fourth-order valence-electron chi connectivity index (χ4n) is 1.99. The molecule has 0 radical (unpaired) electrons. The zero-order valence-corrected chi connectivity index (χ0v) is 11.8. The van der Waals surface area contributed by atoms with E-state index in [9.17, 15) is 4.79 Å². The third-order valence-corrected chi connectivity index (χ3v) is 4.15. The Morgan fingerprint density at radius 2 is 1.90 bits per heavy atom. The van der Waals surface area contributed by atoms with Gasteiger partial charge in [-0.1, -0.05) is 0 Å². The summed E-state index contributed by atoms with van der Waals surface area (Å²) in [5, 5.41) is 12.5. The molecule has 3 aromatic rings. The summed E-state index contributed by atoms with van der Waals surface area (Å²) in [6, 6.07) is 16.2. The van der Waals surface area contributed by atoms with Crippen molar-refractivity contribution in [3.05, 3.63) is 59.0 Å². The maximum Gasteiger partial charge on any atom is 0.265 e. The monoisotopic (exact) mass is 293 g/mol. The first-order valence-corrected chi connectivity index (χ1v) is 7.08. The summed E-state index contributed by atoms with van der Waals surface area (Å²) in [5.41, 5.74) is 7.64. The van der Waals surface area contributed by atoms with E-state index in [0.717, 1.165) is 10.1 Å². The highest BCUT2D eigenvalue weighted by atomic mass is 32.1. The van der Waals surface area contributed by atoms with Crippen molar-refractivity contribution in [1.29, 1.82) is 5.26 Å². The molecule has 5 heteroatoms. The number of hydrogen-bond acceptors (Lipinski definition) is 4. The number of nitrogens with two attached hydrogens (primary N) is 1. The summed E-state index contributed by atoms with van der Waals surface area (Å²) in [6.07, 6.45) is 0. The molecule has 0 aliphatic carbocycles. The van der Waals surface area contributed by atoms with E-state index in [4.69, 9.17) is 11.0 Å². The first kappa shape index (κ1) is 13.2. The normalized spacial score (nSPS) is 10.2. The molecule has 0 bridgehead atoms. The lowest BCUT2D eigenvalue weighted by Crippen LogP contribution is -2.09. The molecule has 4 nitrogen and oxygen atoms in total. The topological polar surface area (TPSA) is 78.9 Å². The molecule has 0 atom stereocenters. The minimum atomic E-state index is -0.167. The van der Waals surface area contributed by atoms with Crippen LogP contribution in [0.5, 0.6) is 0 Å². The van der Waals surface area contributed by atoms with Crippen LogP contribution in [0.1, 0.15) is 15.2 Å². The number of thiophene rings is 1. The number of rotatable bonds is 2. The van der Waals surface area contributed by atoms with Gasteiger partial charge in [0, 0.05) is 16.1 Å². The van der Waals surface area contributed by atoms with Crippen LogP contribution in [0.2, 0.25) is 0 Å². The molecule has 0 aliphatic heterocycles. The van der Waals surface area contributed by atoms with Crippen molar-refractivity contribution in [1.82, 2.24) is 0 Å². The molecular formula is C16H11N3OS. The van der Waals surface area contributed by atoms with Crippen LogP contribution in [0.25, 0.3) is 10.1 Å². The number of carbonyl (C=O) groups excluding carboxylic acids is 1. The zero-order chi connectivity index (χ0) is 14.8. The number of nitriles is 1. The molecular weight excluding hydrogens is 282 g/mol. The number of carbonyl (C=O) groups is 1. The Hall–Kier alpha value is -2.84.